The minimum absolute atomic E-state index is 0.0587. The number of halogens is 1. The topological polar surface area (TPSA) is 65.3 Å². The van der Waals surface area contributed by atoms with Crippen LogP contribution < -0.4 is 0 Å². The number of rotatable bonds is 3. The molecule has 1 aromatic rings. The van der Waals surface area contributed by atoms with Crippen LogP contribution >= 0.6 is 11.6 Å². The molecule has 2 rings (SSSR count). The van der Waals surface area contributed by atoms with E-state index in [9.17, 15) is 10.1 Å². The summed E-state index contributed by atoms with van der Waals surface area (Å²) in [5.41, 5.74) is 0.999. The molecule has 6 heteroatoms. The molecule has 0 amide bonds. The Hall–Kier alpha value is -1.62. The summed E-state index contributed by atoms with van der Waals surface area (Å²) in [7, 11) is 0. The van der Waals surface area contributed by atoms with E-state index in [1.54, 1.807) is 12.3 Å². The lowest BCUT2D eigenvalue weighted by atomic mass is 9.98. The average molecular weight is 255 g/mol. The van der Waals surface area contributed by atoms with Crippen LogP contribution in [-0.2, 0) is 11.2 Å². The van der Waals surface area contributed by atoms with Crippen LogP contribution in [-0.4, -0.2) is 16.5 Å². The largest absolute Gasteiger partial charge is 0.491 e. The van der Waals surface area contributed by atoms with E-state index in [4.69, 9.17) is 16.3 Å². The van der Waals surface area contributed by atoms with Crippen LogP contribution in [0, 0.1) is 16.0 Å². The van der Waals surface area contributed by atoms with Crippen molar-refractivity contribution in [3.8, 4) is 0 Å². The molecule has 0 N–H and O–H groups in total. The van der Waals surface area contributed by atoms with E-state index in [1.807, 2.05) is 6.07 Å². The third kappa shape index (κ3) is 3.17. The van der Waals surface area contributed by atoms with Gasteiger partial charge in [0.1, 0.15) is 5.15 Å². The van der Waals surface area contributed by atoms with Crippen molar-refractivity contribution in [1.82, 2.24) is 4.98 Å². The molecule has 1 saturated heterocycles. The first-order valence-corrected chi connectivity index (χ1v) is 5.61. The predicted octanol–water partition coefficient (Wildman–Crippen LogP) is 2.43. The lowest BCUT2D eigenvalue weighted by Crippen LogP contribution is -2.04. The van der Waals surface area contributed by atoms with E-state index in [1.165, 1.54) is 0 Å². The van der Waals surface area contributed by atoms with E-state index >= 15 is 0 Å². The van der Waals surface area contributed by atoms with Crippen LogP contribution in [0.3, 0.4) is 0 Å². The maximum absolute atomic E-state index is 10.4. The highest BCUT2D eigenvalue weighted by Gasteiger charge is 2.25. The first-order chi connectivity index (χ1) is 8.15. The van der Waals surface area contributed by atoms with Gasteiger partial charge in [0, 0.05) is 12.1 Å². The van der Waals surface area contributed by atoms with E-state index in [-0.39, 0.29) is 5.92 Å². The van der Waals surface area contributed by atoms with Gasteiger partial charge in [-0.05, 0) is 24.5 Å². The monoisotopic (exact) mass is 254 g/mol. The van der Waals surface area contributed by atoms with Gasteiger partial charge < -0.3 is 4.74 Å². The zero-order chi connectivity index (χ0) is 12.3. The fourth-order valence-corrected chi connectivity index (χ4v) is 1.95. The molecule has 0 bridgehead atoms. The third-order valence-electron chi connectivity index (χ3n) is 2.64. The fourth-order valence-electron chi connectivity index (χ4n) is 1.84. The maximum atomic E-state index is 10.4. The van der Waals surface area contributed by atoms with Crippen molar-refractivity contribution < 1.29 is 9.66 Å². The Balaban J connectivity index is 2.07. The van der Waals surface area contributed by atoms with Crippen molar-refractivity contribution in [2.45, 2.75) is 12.8 Å². The van der Waals surface area contributed by atoms with Crippen LogP contribution in [0.2, 0.25) is 5.15 Å². The molecule has 0 saturated carbocycles. The number of nitro groups is 1. The highest BCUT2D eigenvalue weighted by atomic mass is 35.5. The second-order valence-electron chi connectivity index (χ2n) is 3.84. The van der Waals surface area contributed by atoms with Crippen molar-refractivity contribution in [2.75, 3.05) is 6.61 Å². The molecule has 1 aliphatic rings. The summed E-state index contributed by atoms with van der Waals surface area (Å²) in [4.78, 5) is 13.9. The summed E-state index contributed by atoms with van der Waals surface area (Å²) in [5.74, 6) is 0.508. The van der Waals surface area contributed by atoms with E-state index in [0.717, 1.165) is 18.2 Å². The molecule has 1 aromatic heterocycles. The van der Waals surface area contributed by atoms with Crippen molar-refractivity contribution in [2.24, 2.45) is 5.92 Å². The molecule has 1 unspecified atom stereocenters. The lowest BCUT2D eigenvalue weighted by Gasteiger charge is -2.07. The van der Waals surface area contributed by atoms with Gasteiger partial charge in [0.05, 0.1) is 11.5 Å². The van der Waals surface area contributed by atoms with E-state index in [2.05, 4.69) is 4.98 Å². The molecule has 5 nitrogen and oxygen atoms in total. The molecule has 0 aliphatic carbocycles. The molecule has 0 radical (unpaired) electrons. The Morgan fingerprint density at radius 2 is 2.47 bits per heavy atom. The van der Waals surface area contributed by atoms with Gasteiger partial charge in [0.15, 0.2) is 5.76 Å². The van der Waals surface area contributed by atoms with E-state index in [0.29, 0.717) is 23.9 Å². The second-order valence-corrected chi connectivity index (χ2v) is 4.23. The molecule has 0 aromatic carbocycles. The maximum Gasteiger partial charge on any atom is 0.272 e. The van der Waals surface area contributed by atoms with Crippen LogP contribution in [0.1, 0.15) is 12.0 Å². The summed E-state index contributed by atoms with van der Waals surface area (Å²) >= 11 is 5.69. The van der Waals surface area contributed by atoms with Gasteiger partial charge in [0.2, 0.25) is 0 Å². The number of pyridine rings is 1. The van der Waals surface area contributed by atoms with Crippen LogP contribution in [0.15, 0.2) is 30.3 Å². The van der Waals surface area contributed by atoms with Gasteiger partial charge in [-0.25, -0.2) is 4.98 Å². The molecule has 90 valence electrons. The summed E-state index contributed by atoms with van der Waals surface area (Å²) in [6.07, 6.45) is 4.11. The highest BCUT2D eigenvalue weighted by Crippen LogP contribution is 2.28. The predicted molar refractivity (Wildman–Crippen MR) is 62.1 cm³/mol. The Labute approximate surface area is 103 Å². The second kappa shape index (κ2) is 5.14. The molecule has 1 fully saturated rings. The summed E-state index contributed by atoms with van der Waals surface area (Å²) in [5, 5.41) is 10.9. The van der Waals surface area contributed by atoms with Crippen LogP contribution in [0.4, 0.5) is 0 Å². The quantitative estimate of drug-likeness (QED) is 0.472. The smallest absolute Gasteiger partial charge is 0.272 e. The van der Waals surface area contributed by atoms with Crippen LogP contribution in [0.5, 0.6) is 0 Å². The van der Waals surface area contributed by atoms with Crippen molar-refractivity contribution in [3.05, 3.63) is 51.1 Å². The van der Waals surface area contributed by atoms with Gasteiger partial charge in [0.25, 0.3) is 6.20 Å². The van der Waals surface area contributed by atoms with E-state index < -0.39 is 4.92 Å². The van der Waals surface area contributed by atoms with Crippen LogP contribution in [0.25, 0.3) is 0 Å². The molecule has 0 spiro atoms. The van der Waals surface area contributed by atoms with Gasteiger partial charge in [-0.1, -0.05) is 17.7 Å². The van der Waals surface area contributed by atoms with Crippen molar-refractivity contribution >= 4 is 11.6 Å². The average Bonchev–Trinajstić information content (AvgIpc) is 2.68. The van der Waals surface area contributed by atoms with Gasteiger partial charge >= 0.3 is 0 Å². The summed E-state index contributed by atoms with van der Waals surface area (Å²) in [6.45, 7) is 0.533. The minimum Gasteiger partial charge on any atom is -0.491 e. The Bertz CT molecular complexity index is 445. The lowest BCUT2D eigenvalue weighted by molar-refractivity contribution is -0.405. The first-order valence-electron chi connectivity index (χ1n) is 5.23. The van der Waals surface area contributed by atoms with Gasteiger partial charge in [-0.15, -0.1) is 0 Å². The number of allylic oxidation sites excluding steroid dienone is 1. The molecular weight excluding hydrogens is 244 g/mol. The van der Waals surface area contributed by atoms with Crippen molar-refractivity contribution in [1.29, 1.82) is 0 Å². The van der Waals surface area contributed by atoms with Gasteiger partial charge in [-0.2, -0.15) is 0 Å². The number of hydrogen-bond acceptors (Lipinski definition) is 4. The minimum atomic E-state index is -0.478. The summed E-state index contributed by atoms with van der Waals surface area (Å²) < 4.78 is 5.25. The molecular formula is C11H11ClN2O3. The molecule has 17 heavy (non-hydrogen) atoms. The first kappa shape index (κ1) is 11.9. The number of hydrogen-bond donors (Lipinski definition) is 0. The molecule has 2 heterocycles. The Kier molecular flexibility index (Phi) is 3.58. The Morgan fingerprint density at radius 1 is 1.65 bits per heavy atom. The fraction of sp³-hybridized carbons (Fsp3) is 0.364. The Morgan fingerprint density at radius 3 is 3.12 bits per heavy atom. The number of nitrogens with zero attached hydrogens (tertiary/aromatic N) is 2. The highest BCUT2D eigenvalue weighted by molar-refractivity contribution is 6.29. The van der Waals surface area contributed by atoms with Gasteiger partial charge in [-0.3, -0.25) is 10.1 Å². The molecule has 1 atom stereocenters. The number of ether oxygens (including phenoxy) is 1. The third-order valence-corrected chi connectivity index (χ3v) is 2.86. The zero-order valence-corrected chi connectivity index (χ0v) is 9.76. The van der Waals surface area contributed by atoms with Crippen molar-refractivity contribution in [3.63, 3.8) is 0 Å². The summed E-state index contributed by atoms with van der Waals surface area (Å²) in [6, 6.07) is 3.58. The standard InChI is InChI=1S/C11H11ClN2O3/c12-11-2-1-8(6-13-11)5-9-3-4-17-10(9)7-14(15)16/h1-2,6-7,9H,3-5H2/b10-7-. The SMILES string of the molecule is O=[N+]([O-])/C=C1\OCCC1Cc1ccc(Cl)nc1. The zero-order valence-electron chi connectivity index (χ0n) is 9.01. The number of aromatic nitrogens is 1. The normalized spacial score (nSPS) is 21.5. The molecule has 1 aliphatic heterocycles.